The SMILES string of the molecule is CCNC(=NCCNc1ccc(S(C)(=O)=O)cc1[N+](=O)[O-])NCCn1cccc1.I. The molecule has 1 heterocycles. The Morgan fingerprint density at radius 1 is 1.20 bits per heavy atom. The lowest BCUT2D eigenvalue weighted by molar-refractivity contribution is -0.384. The molecule has 1 aromatic carbocycles. The van der Waals surface area contributed by atoms with E-state index in [-0.39, 0.29) is 40.2 Å². The highest BCUT2D eigenvalue weighted by molar-refractivity contribution is 14.0. The van der Waals surface area contributed by atoms with Crippen molar-refractivity contribution < 1.29 is 13.3 Å². The Kier molecular flexibility index (Phi) is 10.6. The zero-order valence-electron chi connectivity index (χ0n) is 16.9. The van der Waals surface area contributed by atoms with E-state index in [9.17, 15) is 18.5 Å². The van der Waals surface area contributed by atoms with Crippen LogP contribution in [0.1, 0.15) is 6.92 Å². The molecule has 30 heavy (non-hydrogen) atoms. The Bertz CT molecular complexity index is 948. The van der Waals surface area contributed by atoms with Gasteiger partial charge in [0.1, 0.15) is 5.69 Å². The molecule has 10 nitrogen and oxygen atoms in total. The Morgan fingerprint density at radius 2 is 1.90 bits per heavy atom. The lowest BCUT2D eigenvalue weighted by atomic mass is 10.2. The minimum absolute atomic E-state index is 0. The fraction of sp³-hybridized carbons (Fsp3) is 0.389. The zero-order chi connectivity index (χ0) is 21.3. The molecular formula is C18H27IN6O4S. The fourth-order valence-electron chi connectivity index (χ4n) is 2.57. The summed E-state index contributed by atoms with van der Waals surface area (Å²) in [5, 5.41) is 20.6. The van der Waals surface area contributed by atoms with Gasteiger partial charge < -0.3 is 20.5 Å². The third kappa shape index (κ3) is 8.18. The maximum atomic E-state index is 11.6. The molecule has 0 aliphatic carbocycles. The molecule has 0 fully saturated rings. The highest BCUT2D eigenvalue weighted by Crippen LogP contribution is 2.27. The number of guanidine groups is 1. The molecule has 0 saturated heterocycles. The van der Waals surface area contributed by atoms with Crippen LogP contribution in [0, 0.1) is 10.1 Å². The second-order valence-corrected chi connectivity index (χ2v) is 8.26. The average molecular weight is 550 g/mol. The summed E-state index contributed by atoms with van der Waals surface area (Å²) in [6.45, 7) is 4.91. The van der Waals surface area contributed by atoms with Crippen LogP contribution in [0.4, 0.5) is 11.4 Å². The van der Waals surface area contributed by atoms with Gasteiger partial charge in [0.25, 0.3) is 5.69 Å². The number of nitrogens with zero attached hydrogens (tertiary/aromatic N) is 3. The number of rotatable bonds is 10. The number of benzene rings is 1. The number of nitro benzene ring substituents is 1. The molecular weight excluding hydrogens is 523 g/mol. The maximum absolute atomic E-state index is 11.6. The van der Waals surface area contributed by atoms with Gasteiger partial charge in [0.2, 0.25) is 0 Å². The van der Waals surface area contributed by atoms with Gasteiger partial charge in [-0.3, -0.25) is 15.1 Å². The fourth-order valence-corrected chi connectivity index (χ4v) is 3.21. The van der Waals surface area contributed by atoms with E-state index in [1.807, 2.05) is 31.5 Å². The molecule has 1 aromatic heterocycles. The van der Waals surface area contributed by atoms with E-state index in [0.717, 1.165) is 18.9 Å². The molecule has 0 unspecified atom stereocenters. The lowest BCUT2D eigenvalue weighted by Gasteiger charge is -2.12. The highest BCUT2D eigenvalue weighted by Gasteiger charge is 2.18. The molecule has 0 bridgehead atoms. The smallest absolute Gasteiger partial charge is 0.293 e. The van der Waals surface area contributed by atoms with Crippen molar-refractivity contribution in [1.29, 1.82) is 0 Å². The van der Waals surface area contributed by atoms with Crippen molar-refractivity contribution >= 4 is 51.1 Å². The molecule has 2 aromatic rings. The van der Waals surface area contributed by atoms with E-state index in [1.54, 1.807) is 0 Å². The summed E-state index contributed by atoms with van der Waals surface area (Å²) in [5.41, 5.74) is -0.0307. The Labute approximate surface area is 193 Å². The first kappa shape index (κ1) is 25.7. The van der Waals surface area contributed by atoms with Gasteiger partial charge >= 0.3 is 0 Å². The maximum Gasteiger partial charge on any atom is 0.293 e. The van der Waals surface area contributed by atoms with E-state index < -0.39 is 14.8 Å². The predicted octanol–water partition coefficient (Wildman–Crippen LogP) is 2.09. The number of nitrogens with one attached hydrogen (secondary N) is 3. The van der Waals surface area contributed by atoms with Crippen LogP contribution in [0.3, 0.4) is 0 Å². The number of hydrogen-bond donors (Lipinski definition) is 3. The third-order valence-electron chi connectivity index (χ3n) is 3.96. The van der Waals surface area contributed by atoms with E-state index in [2.05, 4.69) is 25.5 Å². The number of hydrogen-bond acceptors (Lipinski definition) is 6. The number of aliphatic imine (C=N–C) groups is 1. The first-order valence-corrected chi connectivity index (χ1v) is 11.1. The van der Waals surface area contributed by atoms with Crippen LogP contribution < -0.4 is 16.0 Å². The molecule has 2 rings (SSSR count). The van der Waals surface area contributed by atoms with Crippen LogP contribution in [0.25, 0.3) is 0 Å². The van der Waals surface area contributed by atoms with Gasteiger partial charge in [-0.25, -0.2) is 8.42 Å². The molecule has 0 aliphatic rings. The van der Waals surface area contributed by atoms with Crippen molar-refractivity contribution in [1.82, 2.24) is 15.2 Å². The Balaban J connectivity index is 0.00000450. The monoisotopic (exact) mass is 550 g/mol. The molecule has 0 atom stereocenters. The second kappa shape index (κ2) is 12.4. The van der Waals surface area contributed by atoms with Gasteiger partial charge in [0, 0.05) is 50.9 Å². The van der Waals surface area contributed by atoms with Crippen LogP contribution >= 0.6 is 24.0 Å². The summed E-state index contributed by atoms with van der Waals surface area (Å²) in [6, 6.07) is 7.74. The van der Waals surface area contributed by atoms with Crippen LogP contribution in [0.15, 0.2) is 52.6 Å². The number of aromatic nitrogens is 1. The van der Waals surface area contributed by atoms with Gasteiger partial charge in [-0.1, -0.05) is 0 Å². The molecule has 0 radical (unpaired) electrons. The molecule has 166 valence electrons. The van der Waals surface area contributed by atoms with Crippen LogP contribution in [0.5, 0.6) is 0 Å². The number of sulfone groups is 1. The summed E-state index contributed by atoms with van der Waals surface area (Å²) in [4.78, 5) is 15.0. The number of halogens is 1. The Morgan fingerprint density at radius 3 is 2.50 bits per heavy atom. The first-order valence-electron chi connectivity index (χ1n) is 9.16. The minimum atomic E-state index is -3.52. The summed E-state index contributed by atoms with van der Waals surface area (Å²) in [6.07, 6.45) is 4.98. The predicted molar refractivity (Wildman–Crippen MR) is 129 cm³/mol. The summed E-state index contributed by atoms with van der Waals surface area (Å²) in [7, 11) is -3.52. The molecule has 0 amide bonds. The summed E-state index contributed by atoms with van der Waals surface area (Å²) < 4.78 is 25.3. The number of nitro groups is 1. The highest BCUT2D eigenvalue weighted by atomic mass is 127. The van der Waals surface area contributed by atoms with Crippen molar-refractivity contribution in [3.63, 3.8) is 0 Å². The topological polar surface area (TPSA) is 131 Å². The van der Waals surface area contributed by atoms with E-state index >= 15 is 0 Å². The normalized spacial score (nSPS) is 11.5. The van der Waals surface area contributed by atoms with E-state index in [1.165, 1.54) is 12.1 Å². The van der Waals surface area contributed by atoms with Gasteiger partial charge in [-0.2, -0.15) is 0 Å². The van der Waals surface area contributed by atoms with Crippen molar-refractivity contribution in [2.75, 3.05) is 37.8 Å². The quantitative estimate of drug-likeness (QED) is 0.103. The molecule has 0 aliphatic heterocycles. The molecule has 12 heteroatoms. The van der Waals surface area contributed by atoms with Crippen molar-refractivity contribution in [2.45, 2.75) is 18.4 Å². The van der Waals surface area contributed by atoms with Crippen molar-refractivity contribution in [3.8, 4) is 0 Å². The summed E-state index contributed by atoms with van der Waals surface area (Å²) >= 11 is 0. The van der Waals surface area contributed by atoms with E-state index in [4.69, 9.17) is 0 Å². The van der Waals surface area contributed by atoms with Crippen LogP contribution in [-0.4, -0.2) is 56.3 Å². The van der Waals surface area contributed by atoms with Gasteiger partial charge in [-0.05, 0) is 31.2 Å². The minimum Gasteiger partial charge on any atom is -0.378 e. The van der Waals surface area contributed by atoms with Gasteiger partial charge in [0.15, 0.2) is 15.8 Å². The average Bonchev–Trinajstić information content (AvgIpc) is 3.17. The lowest BCUT2D eigenvalue weighted by Crippen LogP contribution is -2.39. The molecule has 0 spiro atoms. The van der Waals surface area contributed by atoms with Crippen molar-refractivity contribution in [3.05, 3.63) is 52.8 Å². The van der Waals surface area contributed by atoms with Crippen molar-refractivity contribution in [2.24, 2.45) is 4.99 Å². The zero-order valence-corrected chi connectivity index (χ0v) is 20.0. The van der Waals surface area contributed by atoms with Crippen LogP contribution in [-0.2, 0) is 16.4 Å². The number of anilines is 1. The Hall–Kier alpha value is -2.35. The van der Waals surface area contributed by atoms with Crippen LogP contribution in [0.2, 0.25) is 0 Å². The van der Waals surface area contributed by atoms with Gasteiger partial charge in [-0.15, -0.1) is 24.0 Å². The molecule has 0 saturated carbocycles. The molecule has 3 N–H and O–H groups in total. The first-order chi connectivity index (χ1) is 13.8. The largest absolute Gasteiger partial charge is 0.378 e. The summed E-state index contributed by atoms with van der Waals surface area (Å²) in [5.74, 6) is 0.656. The second-order valence-electron chi connectivity index (χ2n) is 6.24. The third-order valence-corrected chi connectivity index (χ3v) is 5.07. The van der Waals surface area contributed by atoms with E-state index in [0.29, 0.717) is 32.1 Å². The van der Waals surface area contributed by atoms with Gasteiger partial charge in [0.05, 0.1) is 16.4 Å². The standard InChI is InChI=1S/C18H26N6O4S.HI/c1-3-19-18(22-10-13-23-11-4-5-12-23)21-9-8-20-16-7-6-15(29(2,27)28)14-17(16)24(25)26;/h4-7,11-12,14,20H,3,8-10,13H2,1-2H3,(H2,19,21,22);1H.